The summed E-state index contributed by atoms with van der Waals surface area (Å²) in [6.07, 6.45) is 0. The van der Waals surface area contributed by atoms with Crippen LogP contribution in [0.5, 0.6) is 0 Å². The van der Waals surface area contributed by atoms with Gasteiger partial charge in [0.2, 0.25) is 5.91 Å². The van der Waals surface area contributed by atoms with Crippen LogP contribution in [-0.4, -0.2) is 33.5 Å². The maximum atomic E-state index is 13.5. The predicted molar refractivity (Wildman–Crippen MR) is 87.5 cm³/mol. The summed E-state index contributed by atoms with van der Waals surface area (Å²) in [6, 6.07) is 1.73. The summed E-state index contributed by atoms with van der Waals surface area (Å²) in [5.74, 6) is -4.88. The van der Waals surface area contributed by atoms with Crippen LogP contribution in [0.25, 0.3) is 0 Å². The fraction of sp³-hybridized carbons (Fsp3) is 0.429. The van der Waals surface area contributed by atoms with Gasteiger partial charge in [0.1, 0.15) is 4.32 Å². The highest BCUT2D eigenvalue weighted by molar-refractivity contribution is 8.23. The van der Waals surface area contributed by atoms with Crippen LogP contribution in [0.4, 0.5) is 18.9 Å². The van der Waals surface area contributed by atoms with Crippen LogP contribution >= 0.6 is 24.0 Å². The largest absolute Gasteiger partial charge is 0.358 e. The van der Waals surface area contributed by atoms with E-state index in [9.17, 15) is 18.0 Å². The van der Waals surface area contributed by atoms with E-state index >= 15 is 0 Å². The number of nitrogens with one attached hydrogen (secondary N) is 1. The molecule has 1 aromatic carbocycles. The standard InChI is InChI=1S/C14H17F3N2OS2/c1-4-19(5-2)14(21)22-8(3)13(20)18-10-7-6-9(15)11(16)12(10)17/h6-8H,4-5H2,1-3H3,(H,18,20)/t8-/m1/s1. The molecule has 8 heteroatoms. The Morgan fingerprint density at radius 3 is 2.41 bits per heavy atom. The minimum atomic E-state index is -1.61. The average molecular weight is 350 g/mol. The summed E-state index contributed by atoms with van der Waals surface area (Å²) in [5, 5.41) is 1.64. The molecule has 0 fully saturated rings. The molecule has 0 aliphatic rings. The average Bonchev–Trinajstić information content (AvgIpc) is 2.48. The number of amides is 1. The van der Waals surface area contributed by atoms with Gasteiger partial charge in [0.15, 0.2) is 17.5 Å². The maximum Gasteiger partial charge on any atom is 0.237 e. The SMILES string of the molecule is CCN(CC)C(=S)S[C@H](C)C(=O)Nc1ccc(F)c(F)c1F. The molecule has 22 heavy (non-hydrogen) atoms. The van der Waals surface area contributed by atoms with Crippen molar-refractivity contribution in [3.63, 3.8) is 0 Å². The Morgan fingerprint density at radius 2 is 1.86 bits per heavy atom. The van der Waals surface area contributed by atoms with E-state index in [4.69, 9.17) is 12.2 Å². The lowest BCUT2D eigenvalue weighted by molar-refractivity contribution is -0.115. The normalized spacial score (nSPS) is 11.9. The highest BCUT2D eigenvalue weighted by Gasteiger charge is 2.21. The number of hydrogen-bond donors (Lipinski definition) is 1. The summed E-state index contributed by atoms with van der Waals surface area (Å²) in [4.78, 5) is 13.9. The Morgan fingerprint density at radius 1 is 1.27 bits per heavy atom. The second-order valence-electron chi connectivity index (χ2n) is 4.41. The van der Waals surface area contributed by atoms with Crippen molar-refractivity contribution in [3.8, 4) is 0 Å². The van der Waals surface area contributed by atoms with Crippen LogP contribution in [0, 0.1) is 17.5 Å². The third kappa shape index (κ3) is 4.61. The molecule has 0 unspecified atom stereocenters. The van der Waals surface area contributed by atoms with Gasteiger partial charge in [0, 0.05) is 13.1 Å². The number of hydrogen-bond acceptors (Lipinski definition) is 3. The minimum absolute atomic E-state index is 0.398. The molecule has 1 atom stereocenters. The number of thiocarbonyl (C=S) groups is 1. The van der Waals surface area contributed by atoms with E-state index in [0.29, 0.717) is 17.4 Å². The van der Waals surface area contributed by atoms with Crippen molar-refractivity contribution in [1.29, 1.82) is 0 Å². The number of thioether (sulfide) groups is 1. The van der Waals surface area contributed by atoms with Gasteiger partial charge in [0.05, 0.1) is 10.9 Å². The molecule has 1 rings (SSSR count). The zero-order valence-electron chi connectivity index (χ0n) is 12.5. The van der Waals surface area contributed by atoms with Crippen molar-refractivity contribution in [2.75, 3.05) is 18.4 Å². The van der Waals surface area contributed by atoms with E-state index in [0.717, 1.165) is 23.9 Å². The number of carbonyl (C=O) groups is 1. The summed E-state index contributed by atoms with van der Waals surface area (Å²) >= 11 is 6.38. The van der Waals surface area contributed by atoms with Crippen molar-refractivity contribution in [1.82, 2.24) is 4.90 Å². The Hall–Kier alpha value is -1.28. The molecule has 0 aliphatic heterocycles. The maximum absolute atomic E-state index is 13.5. The van der Waals surface area contributed by atoms with Crippen molar-refractivity contribution < 1.29 is 18.0 Å². The Kier molecular flexibility index (Phi) is 7.15. The van der Waals surface area contributed by atoms with E-state index < -0.39 is 34.3 Å². The zero-order valence-corrected chi connectivity index (χ0v) is 14.1. The van der Waals surface area contributed by atoms with E-state index in [1.165, 1.54) is 0 Å². The number of benzene rings is 1. The lowest BCUT2D eigenvalue weighted by Gasteiger charge is -2.23. The highest BCUT2D eigenvalue weighted by Crippen LogP contribution is 2.22. The first kappa shape index (κ1) is 18.8. The second kappa shape index (κ2) is 8.38. The first-order chi connectivity index (χ1) is 10.3. The molecule has 0 saturated heterocycles. The number of rotatable bonds is 5. The molecule has 122 valence electrons. The summed E-state index contributed by atoms with van der Waals surface area (Å²) in [6.45, 7) is 6.92. The Labute approximate surface area is 137 Å². The molecular weight excluding hydrogens is 333 g/mol. The third-order valence-electron chi connectivity index (χ3n) is 2.96. The topological polar surface area (TPSA) is 32.3 Å². The summed E-state index contributed by atoms with van der Waals surface area (Å²) in [7, 11) is 0. The van der Waals surface area contributed by atoms with Crippen molar-refractivity contribution in [3.05, 3.63) is 29.6 Å². The summed E-state index contributed by atoms with van der Waals surface area (Å²) < 4.78 is 40.0. The highest BCUT2D eigenvalue weighted by atomic mass is 32.2. The molecular formula is C14H17F3N2OS2. The van der Waals surface area contributed by atoms with Crippen LogP contribution in [-0.2, 0) is 4.79 Å². The van der Waals surface area contributed by atoms with Gasteiger partial charge >= 0.3 is 0 Å². The first-order valence-electron chi connectivity index (χ1n) is 6.71. The van der Waals surface area contributed by atoms with E-state index in [2.05, 4.69) is 5.32 Å². The quantitative estimate of drug-likeness (QED) is 0.647. The molecule has 3 nitrogen and oxygen atoms in total. The number of anilines is 1. The number of nitrogens with zero attached hydrogens (tertiary/aromatic N) is 1. The molecule has 0 saturated carbocycles. The molecule has 1 N–H and O–H groups in total. The fourth-order valence-electron chi connectivity index (χ4n) is 1.62. The smallest absolute Gasteiger partial charge is 0.237 e. The van der Waals surface area contributed by atoms with Crippen LogP contribution in [0.2, 0.25) is 0 Å². The van der Waals surface area contributed by atoms with Crippen molar-refractivity contribution in [2.24, 2.45) is 0 Å². The fourth-order valence-corrected chi connectivity index (χ4v) is 3.18. The molecule has 0 heterocycles. The molecule has 0 bridgehead atoms. The van der Waals surface area contributed by atoms with E-state index in [-0.39, 0.29) is 0 Å². The lowest BCUT2D eigenvalue weighted by Crippen LogP contribution is -2.31. The van der Waals surface area contributed by atoms with Crippen molar-refractivity contribution in [2.45, 2.75) is 26.0 Å². The molecule has 1 amide bonds. The van der Waals surface area contributed by atoms with Gasteiger partial charge in [-0.05, 0) is 32.9 Å². The number of carbonyl (C=O) groups excluding carboxylic acids is 1. The van der Waals surface area contributed by atoms with Crippen LogP contribution in [0.15, 0.2) is 12.1 Å². The number of halogens is 3. The van der Waals surface area contributed by atoms with Crippen LogP contribution in [0.1, 0.15) is 20.8 Å². The first-order valence-corrected chi connectivity index (χ1v) is 8.00. The Balaban J connectivity index is 2.73. The Bertz CT molecular complexity index is 565. The van der Waals surface area contributed by atoms with Gasteiger partial charge < -0.3 is 10.2 Å². The van der Waals surface area contributed by atoms with Gasteiger partial charge in [-0.2, -0.15) is 0 Å². The second-order valence-corrected chi connectivity index (χ2v) is 6.39. The monoisotopic (exact) mass is 350 g/mol. The zero-order chi connectivity index (χ0) is 16.9. The molecule has 0 spiro atoms. The lowest BCUT2D eigenvalue weighted by atomic mass is 10.2. The molecule has 0 radical (unpaired) electrons. The van der Waals surface area contributed by atoms with Gasteiger partial charge in [-0.25, -0.2) is 13.2 Å². The van der Waals surface area contributed by atoms with Crippen LogP contribution in [0.3, 0.4) is 0 Å². The third-order valence-corrected chi connectivity index (χ3v) is 4.54. The minimum Gasteiger partial charge on any atom is -0.358 e. The van der Waals surface area contributed by atoms with E-state index in [1.54, 1.807) is 6.92 Å². The molecule has 0 aliphatic carbocycles. The van der Waals surface area contributed by atoms with Crippen molar-refractivity contribution >= 4 is 39.9 Å². The molecule has 0 aromatic heterocycles. The van der Waals surface area contributed by atoms with Gasteiger partial charge in [0.25, 0.3) is 0 Å². The van der Waals surface area contributed by atoms with Gasteiger partial charge in [-0.1, -0.05) is 24.0 Å². The van der Waals surface area contributed by atoms with E-state index in [1.807, 2.05) is 18.7 Å². The predicted octanol–water partition coefficient (Wildman–Crippen LogP) is 3.79. The van der Waals surface area contributed by atoms with Gasteiger partial charge in [-0.15, -0.1) is 0 Å². The van der Waals surface area contributed by atoms with Gasteiger partial charge in [-0.3, -0.25) is 4.79 Å². The molecule has 1 aromatic rings. The van der Waals surface area contributed by atoms with Crippen LogP contribution < -0.4 is 5.32 Å². The summed E-state index contributed by atoms with van der Waals surface area (Å²) in [5.41, 5.74) is -0.398.